The van der Waals surface area contributed by atoms with Gasteiger partial charge in [-0.15, -0.1) is 12.4 Å². The van der Waals surface area contributed by atoms with E-state index >= 15 is 0 Å². The summed E-state index contributed by atoms with van der Waals surface area (Å²) in [6.07, 6.45) is 0. The Balaban J connectivity index is 0.00000324. The number of aryl methyl sites for hydroxylation is 1. The monoisotopic (exact) mass is 287 g/mol. The van der Waals surface area contributed by atoms with Crippen molar-refractivity contribution in [3.05, 3.63) is 23.0 Å². The van der Waals surface area contributed by atoms with Crippen molar-refractivity contribution >= 4 is 18.3 Å². The number of amides is 1. The highest BCUT2D eigenvalue weighted by atomic mass is 35.5. The van der Waals surface area contributed by atoms with E-state index in [0.29, 0.717) is 12.6 Å². The lowest BCUT2D eigenvalue weighted by Crippen LogP contribution is -2.48. The molecule has 1 aromatic rings. The number of nitrogens with zero attached hydrogens (tertiary/aromatic N) is 1. The number of hydrogen-bond donors (Lipinski definition) is 2. The predicted octanol–water partition coefficient (Wildman–Crippen LogP) is 2.57. The second-order valence-electron chi connectivity index (χ2n) is 5.79. The molecule has 0 bridgehead atoms. The van der Waals surface area contributed by atoms with Gasteiger partial charge < -0.3 is 15.6 Å². The molecule has 1 heterocycles. The van der Waals surface area contributed by atoms with Crippen LogP contribution in [0.25, 0.3) is 0 Å². The third-order valence-corrected chi connectivity index (χ3v) is 3.21. The Morgan fingerprint density at radius 2 is 1.95 bits per heavy atom. The Bertz CT molecular complexity index is 450. The predicted molar refractivity (Wildman–Crippen MR) is 82.1 cm³/mol. The van der Waals surface area contributed by atoms with E-state index in [1.54, 1.807) is 0 Å². The molecule has 110 valence electrons. The van der Waals surface area contributed by atoms with Crippen LogP contribution in [0.3, 0.4) is 0 Å². The molecule has 0 aliphatic rings. The van der Waals surface area contributed by atoms with Crippen molar-refractivity contribution in [2.45, 2.75) is 53.1 Å². The largest absolute Gasteiger partial charge is 0.346 e. The molecule has 0 fully saturated rings. The smallest absolute Gasteiger partial charge is 0.253 e. The van der Waals surface area contributed by atoms with E-state index < -0.39 is 0 Å². The van der Waals surface area contributed by atoms with Gasteiger partial charge in [-0.1, -0.05) is 0 Å². The second-order valence-corrected chi connectivity index (χ2v) is 5.79. The molecule has 5 heteroatoms. The number of hydrogen-bond acceptors (Lipinski definition) is 2. The van der Waals surface area contributed by atoms with E-state index in [2.05, 4.69) is 23.7 Å². The average Bonchev–Trinajstić information content (AvgIpc) is 2.53. The first-order valence-electron chi connectivity index (χ1n) is 6.40. The molecule has 0 aliphatic heterocycles. The molecule has 0 unspecified atom stereocenters. The topological polar surface area (TPSA) is 60.1 Å². The Labute approximate surface area is 122 Å². The minimum Gasteiger partial charge on any atom is -0.346 e. The molecule has 0 radical (unpaired) electrons. The minimum atomic E-state index is -0.378. The van der Waals surface area contributed by atoms with Gasteiger partial charge in [0, 0.05) is 29.5 Å². The highest BCUT2D eigenvalue weighted by Crippen LogP contribution is 2.20. The van der Waals surface area contributed by atoms with Crippen molar-refractivity contribution in [2.24, 2.45) is 5.73 Å². The summed E-state index contributed by atoms with van der Waals surface area (Å²) in [6.45, 7) is 12.5. The van der Waals surface area contributed by atoms with Crippen LogP contribution < -0.4 is 11.1 Å². The molecular formula is C14H26ClN3O. The zero-order valence-corrected chi connectivity index (χ0v) is 13.5. The number of rotatable bonds is 4. The number of nitrogens with two attached hydrogens (primary N) is 1. The van der Waals surface area contributed by atoms with Gasteiger partial charge >= 0.3 is 0 Å². The maximum Gasteiger partial charge on any atom is 0.253 e. The Morgan fingerprint density at radius 1 is 1.42 bits per heavy atom. The lowest BCUT2D eigenvalue weighted by Gasteiger charge is -2.24. The summed E-state index contributed by atoms with van der Waals surface area (Å²) in [7, 11) is 0. The van der Waals surface area contributed by atoms with Crippen LogP contribution in [0, 0.1) is 13.8 Å². The maximum atomic E-state index is 12.2. The van der Waals surface area contributed by atoms with Gasteiger partial charge in [-0.25, -0.2) is 0 Å². The van der Waals surface area contributed by atoms with E-state index in [9.17, 15) is 4.79 Å². The van der Waals surface area contributed by atoms with Gasteiger partial charge in [0.05, 0.1) is 5.56 Å². The van der Waals surface area contributed by atoms with Crippen LogP contribution in [0.2, 0.25) is 0 Å². The Kier molecular flexibility index (Phi) is 6.10. The number of carbonyl (C=O) groups excluding carboxylic acids is 1. The van der Waals surface area contributed by atoms with E-state index in [1.165, 1.54) is 0 Å². The van der Waals surface area contributed by atoms with Crippen molar-refractivity contribution < 1.29 is 4.79 Å². The average molecular weight is 288 g/mol. The van der Waals surface area contributed by atoms with Gasteiger partial charge in [-0.2, -0.15) is 0 Å². The summed E-state index contributed by atoms with van der Waals surface area (Å²) in [5, 5.41) is 2.97. The summed E-state index contributed by atoms with van der Waals surface area (Å²) in [4.78, 5) is 12.2. The third-order valence-electron chi connectivity index (χ3n) is 3.21. The van der Waals surface area contributed by atoms with E-state index in [1.807, 2.05) is 33.8 Å². The molecule has 1 aromatic heterocycles. The molecule has 0 saturated carbocycles. The van der Waals surface area contributed by atoms with Crippen molar-refractivity contribution in [2.75, 3.05) is 6.54 Å². The van der Waals surface area contributed by atoms with Crippen molar-refractivity contribution in [1.29, 1.82) is 0 Å². The van der Waals surface area contributed by atoms with Gasteiger partial charge in [0.25, 0.3) is 5.91 Å². The third kappa shape index (κ3) is 3.98. The molecule has 1 amide bonds. The second kappa shape index (κ2) is 6.44. The number of halogens is 1. The van der Waals surface area contributed by atoms with Gasteiger partial charge in [0.15, 0.2) is 0 Å². The van der Waals surface area contributed by atoms with Gasteiger partial charge in [-0.3, -0.25) is 4.79 Å². The maximum absolute atomic E-state index is 12.2. The first-order chi connectivity index (χ1) is 8.19. The molecule has 0 aromatic carbocycles. The standard InChI is InChI=1S/C14H25N3O.ClH/c1-9(2)17-10(3)7-12(11(17)4)13(18)16-14(5,6)8-15;/h7,9H,8,15H2,1-6H3,(H,16,18);1H. The lowest BCUT2D eigenvalue weighted by atomic mass is 10.1. The van der Waals surface area contributed by atoms with Crippen molar-refractivity contribution in [1.82, 2.24) is 9.88 Å². The number of aromatic nitrogens is 1. The first-order valence-corrected chi connectivity index (χ1v) is 6.40. The van der Waals surface area contributed by atoms with Crippen LogP contribution in [0.5, 0.6) is 0 Å². The van der Waals surface area contributed by atoms with Gasteiger partial charge in [0.2, 0.25) is 0 Å². The fourth-order valence-electron chi connectivity index (χ4n) is 2.23. The normalized spacial score (nSPS) is 11.4. The molecular weight excluding hydrogens is 262 g/mol. The van der Waals surface area contributed by atoms with Crippen molar-refractivity contribution in [3.8, 4) is 0 Å². The lowest BCUT2D eigenvalue weighted by molar-refractivity contribution is 0.0915. The molecule has 0 saturated heterocycles. The fourth-order valence-corrected chi connectivity index (χ4v) is 2.23. The van der Waals surface area contributed by atoms with Crippen molar-refractivity contribution in [3.63, 3.8) is 0 Å². The zero-order valence-electron chi connectivity index (χ0n) is 12.7. The van der Waals surface area contributed by atoms with Crippen LogP contribution in [-0.4, -0.2) is 22.6 Å². The molecule has 3 N–H and O–H groups in total. The van der Waals surface area contributed by atoms with E-state index in [-0.39, 0.29) is 23.9 Å². The van der Waals surface area contributed by atoms with E-state index in [0.717, 1.165) is 17.0 Å². The van der Waals surface area contributed by atoms with Crippen LogP contribution in [0.4, 0.5) is 0 Å². The Morgan fingerprint density at radius 3 is 2.32 bits per heavy atom. The molecule has 0 aliphatic carbocycles. The van der Waals surface area contributed by atoms with Crippen LogP contribution in [0.15, 0.2) is 6.07 Å². The first kappa shape index (κ1) is 18.0. The van der Waals surface area contributed by atoms with Gasteiger partial charge in [0.1, 0.15) is 0 Å². The van der Waals surface area contributed by atoms with Crippen LogP contribution >= 0.6 is 12.4 Å². The van der Waals surface area contributed by atoms with Crippen LogP contribution in [-0.2, 0) is 0 Å². The number of nitrogens with one attached hydrogen (secondary N) is 1. The van der Waals surface area contributed by atoms with Crippen LogP contribution in [0.1, 0.15) is 55.5 Å². The molecule has 0 spiro atoms. The summed E-state index contributed by atoms with van der Waals surface area (Å²) in [5.74, 6) is -0.0505. The highest BCUT2D eigenvalue weighted by Gasteiger charge is 2.22. The summed E-state index contributed by atoms with van der Waals surface area (Å²) in [6, 6.07) is 2.30. The quantitative estimate of drug-likeness (QED) is 0.894. The Hall–Kier alpha value is -1.000. The fraction of sp³-hybridized carbons (Fsp3) is 0.643. The molecule has 1 rings (SSSR count). The summed E-state index contributed by atoms with van der Waals surface area (Å²) < 4.78 is 2.17. The molecule has 4 nitrogen and oxygen atoms in total. The molecule has 0 atom stereocenters. The highest BCUT2D eigenvalue weighted by molar-refractivity contribution is 5.96. The number of carbonyl (C=O) groups is 1. The summed E-state index contributed by atoms with van der Waals surface area (Å²) >= 11 is 0. The zero-order chi connectivity index (χ0) is 14.1. The SMILES string of the molecule is Cc1cc(C(=O)NC(C)(C)CN)c(C)n1C(C)C.Cl. The minimum absolute atomic E-state index is 0. The van der Waals surface area contributed by atoms with E-state index in [4.69, 9.17) is 5.73 Å². The summed E-state index contributed by atoms with van der Waals surface area (Å²) in [5.41, 5.74) is 8.11. The van der Waals surface area contributed by atoms with Gasteiger partial charge in [-0.05, 0) is 47.6 Å². The molecule has 19 heavy (non-hydrogen) atoms.